The standard InChI is InChI=1S/C7H15NO3.C6H6/c1-5(2)3-6(4-9)8-7(10)11;1-2-4-6-5-3-1/h5-6,8-9H,3-4H2,1-2H3,(H,10,11);1-6H. The number of nitrogens with one attached hydrogen (secondary N) is 1. The lowest BCUT2D eigenvalue weighted by molar-refractivity contribution is 0.172. The van der Waals surface area contributed by atoms with Crippen molar-refractivity contribution in [3.8, 4) is 0 Å². The Kier molecular flexibility index (Phi) is 8.78. The molecule has 0 aliphatic rings. The molecule has 3 N–H and O–H groups in total. The summed E-state index contributed by atoms with van der Waals surface area (Å²) < 4.78 is 0. The minimum absolute atomic E-state index is 0.134. The molecule has 1 amide bonds. The molecule has 0 saturated carbocycles. The average molecular weight is 239 g/mol. The van der Waals surface area contributed by atoms with E-state index in [1.807, 2.05) is 50.2 Å². The highest BCUT2D eigenvalue weighted by Crippen LogP contribution is 2.03. The molecule has 0 heterocycles. The third-order valence-corrected chi connectivity index (χ3v) is 1.97. The van der Waals surface area contributed by atoms with Crippen molar-refractivity contribution in [3.05, 3.63) is 36.4 Å². The summed E-state index contributed by atoms with van der Waals surface area (Å²) in [6.07, 6.45) is -0.410. The van der Waals surface area contributed by atoms with Crippen LogP contribution < -0.4 is 5.32 Å². The molecular formula is C13H21NO3. The zero-order valence-corrected chi connectivity index (χ0v) is 10.3. The first kappa shape index (κ1) is 15.4. The van der Waals surface area contributed by atoms with E-state index in [9.17, 15) is 4.79 Å². The summed E-state index contributed by atoms with van der Waals surface area (Å²) in [7, 11) is 0. The molecule has 0 aromatic heterocycles. The van der Waals surface area contributed by atoms with Crippen LogP contribution >= 0.6 is 0 Å². The van der Waals surface area contributed by atoms with E-state index in [2.05, 4.69) is 5.32 Å². The van der Waals surface area contributed by atoms with E-state index in [1.165, 1.54) is 0 Å². The molecule has 17 heavy (non-hydrogen) atoms. The maximum atomic E-state index is 10.1. The zero-order valence-electron chi connectivity index (χ0n) is 10.3. The van der Waals surface area contributed by atoms with Crippen LogP contribution in [-0.4, -0.2) is 29.0 Å². The predicted molar refractivity (Wildman–Crippen MR) is 67.9 cm³/mol. The number of rotatable bonds is 4. The molecule has 0 aliphatic carbocycles. The van der Waals surface area contributed by atoms with Gasteiger partial charge in [0.25, 0.3) is 0 Å². The van der Waals surface area contributed by atoms with Crippen molar-refractivity contribution < 1.29 is 15.0 Å². The van der Waals surface area contributed by atoms with Gasteiger partial charge in [0.15, 0.2) is 0 Å². The van der Waals surface area contributed by atoms with Gasteiger partial charge in [-0.25, -0.2) is 4.79 Å². The predicted octanol–water partition coefficient (Wildman–Crippen LogP) is 2.35. The van der Waals surface area contributed by atoms with Crippen LogP contribution in [0.1, 0.15) is 20.3 Å². The molecule has 0 fully saturated rings. The molecule has 96 valence electrons. The quantitative estimate of drug-likeness (QED) is 0.755. The van der Waals surface area contributed by atoms with Crippen LogP contribution in [0.5, 0.6) is 0 Å². The Bertz CT molecular complexity index is 261. The van der Waals surface area contributed by atoms with E-state index in [4.69, 9.17) is 10.2 Å². The van der Waals surface area contributed by atoms with Crippen LogP contribution in [0.15, 0.2) is 36.4 Å². The molecule has 1 rings (SSSR count). The Balaban J connectivity index is 0.000000354. The number of hydrogen-bond donors (Lipinski definition) is 3. The van der Waals surface area contributed by atoms with Crippen molar-refractivity contribution in [1.82, 2.24) is 5.32 Å². The van der Waals surface area contributed by atoms with Crippen LogP contribution in [0.4, 0.5) is 4.79 Å². The van der Waals surface area contributed by atoms with Crippen molar-refractivity contribution in [3.63, 3.8) is 0 Å². The summed E-state index contributed by atoms with van der Waals surface area (Å²) in [4.78, 5) is 10.1. The number of amides is 1. The average Bonchev–Trinajstić information content (AvgIpc) is 2.30. The van der Waals surface area contributed by atoms with Crippen molar-refractivity contribution in [2.45, 2.75) is 26.3 Å². The number of carbonyl (C=O) groups is 1. The fraction of sp³-hybridized carbons (Fsp3) is 0.462. The molecule has 1 aromatic rings. The lowest BCUT2D eigenvalue weighted by atomic mass is 10.0. The third kappa shape index (κ3) is 10.7. The van der Waals surface area contributed by atoms with E-state index in [0.717, 1.165) is 0 Å². The molecule has 0 bridgehead atoms. The van der Waals surface area contributed by atoms with Gasteiger partial charge in [-0.05, 0) is 12.3 Å². The van der Waals surface area contributed by atoms with E-state index < -0.39 is 6.09 Å². The van der Waals surface area contributed by atoms with Gasteiger partial charge in [-0.1, -0.05) is 50.2 Å². The lowest BCUT2D eigenvalue weighted by Crippen LogP contribution is -2.37. The van der Waals surface area contributed by atoms with Crippen LogP contribution in [0.25, 0.3) is 0 Å². The first-order valence-electron chi connectivity index (χ1n) is 5.66. The zero-order chi connectivity index (χ0) is 13.1. The van der Waals surface area contributed by atoms with Crippen LogP contribution in [0.2, 0.25) is 0 Å². The number of aliphatic hydroxyl groups is 1. The summed E-state index contributed by atoms with van der Waals surface area (Å²) in [5, 5.41) is 19.2. The van der Waals surface area contributed by atoms with Gasteiger partial charge in [-0.2, -0.15) is 0 Å². The van der Waals surface area contributed by atoms with Gasteiger partial charge in [0.2, 0.25) is 0 Å². The minimum atomic E-state index is -1.08. The van der Waals surface area contributed by atoms with Crippen LogP contribution in [-0.2, 0) is 0 Å². The molecule has 4 nitrogen and oxygen atoms in total. The van der Waals surface area contributed by atoms with Gasteiger partial charge in [0.1, 0.15) is 0 Å². The van der Waals surface area contributed by atoms with E-state index in [0.29, 0.717) is 12.3 Å². The molecule has 0 aliphatic heterocycles. The van der Waals surface area contributed by atoms with Gasteiger partial charge < -0.3 is 15.5 Å². The fourth-order valence-corrected chi connectivity index (χ4v) is 1.31. The summed E-state index contributed by atoms with van der Waals surface area (Å²) in [6.45, 7) is 3.82. The highest BCUT2D eigenvalue weighted by molar-refractivity contribution is 5.64. The summed E-state index contributed by atoms with van der Waals surface area (Å²) in [5.41, 5.74) is 0. The Morgan fingerprint density at radius 2 is 1.53 bits per heavy atom. The van der Waals surface area contributed by atoms with E-state index in [1.54, 1.807) is 0 Å². The number of carboxylic acid groups (broad SMARTS) is 1. The Morgan fingerprint density at radius 1 is 1.12 bits per heavy atom. The number of aliphatic hydroxyl groups excluding tert-OH is 1. The number of hydrogen-bond acceptors (Lipinski definition) is 2. The SMILES string of the molecule is CC(C)CC(CO)NC(=O)O.c1ccccc1. The van der Waals surface area contributed by atoms with Crippen LogP contribution in [0, 0.1) is 5.92 Å². The van der Waals surface area contributed by atoms with Crippen molar-refractivity contribution in [1.29, 1.82) is 0 Å². The van der Waals surface area contributed by atoms with Gasteiger partial charge in [0, 0.05) is 0 Å². The normalized spacial score (nSPS) is 11.3. The molecule has 4 heteroatoms. The van der Waals surface area contributed by atoms with E-state index in [-0.39, 0.29) is 12.6 Å². The summed E-state index contributed by atoms with van der Waals surface area (Å²) >= 11 is 0. The summed E-state index contributed by atoms with van der Waals surface area (Å²) in [5.74, 6) is 0.388. The first-order valence-corrected chi connectivity index (χ1v) is 5.66. The van der Waals surface area contributed by atoms with Gasteiger partial charge in [-0.15, -0.1) is 0 Å². The summed E-state index contributed by atoms with van der Waals surface area (Å²) in [6, 6.07) is 11.7. The topological polar surface area (TPSA) is 69.6 Å². The van der Waals surface area contributed by atoms with Gasteiger partial charge in [0.05, 0.1) is 12.6 Å². The molecular weight excluding hydrogens is 218 g/mol. The first-order chi connectivity index (χ1) is 8.06. The second-order valence-corrected chi connectivity index (χ2v) is 4.11. The van der Waals surface area contributed by atoms with Crippen molar-refractivity contribution in [2.24, 2.45) is 5.92 Å². The monoisotopic (exact) mass is 239 g/mol. The van der Waals surface area contributed by atoms with Crippen molar-refractivity contribution >= 4 is 6.09 Å². The molecule has 0 spiro atoms. The Hall–Kier alpha value is -1.55. The molecule has 1 aromatic carbocycles. The van der Waals surface area contributed by atoms with Gasteiger partial charge >= 0.3 is 6.09 Å². The van der Waals surface area contributed by atoms with E-state index >= 15 is 0 Å². The largest absolute Gasteiger partial charge is 0.465 e. The van der Waals surface area contributed by atoms with Crippen LogP contribution in [0.3, 0.4) is 0 Å². The highest BCUT2D eigenvalue weighted by atomic mass is 16.4. The molecule has 0 radical (unpaired) electrons. The molecule has 1 unspecified atom stereocenters. The molecule has 0 saturated heterocycles. The second kappa shape index (κ2) is 9.66. The highest BCUT2D eigenvalue weighted by Gasteiger charge is 2.11. The molecule has 1 atom stereocenters. The van der Waals surface area contributed by atoms with Crippen molar-refractivity contribution in [2.75, 3.05) is 6.61 Å². The Morgan fingerprint density at radius 3 is 1.76 bits per heavy atom. The Labute approximate surface area is 102 Å². The number of benzene rings is 1. The smallest absolute Gasteiger partial charge is 0.404 e. The minimum Gasteiger partial charge on any atom is -0.465 e. The maximum absolute atomic E-state index is 10.1. The maximum Gasteiger partial charge on any atom is 0.404 e. The second-order valence-electron chi connectivity index (χ2n) is 4.11. The fourth-order valence-electron chi connectivity index (χ4n) is 1.31. The third-order valence-electron chi connectivity index (χ3n) is 1.97. The van der Waals surface area contributed by atoms with Gasteiger partial charge in [-0.3, -0.25) is 0 Å². The lowest BCUT2D eigenvalue weighted by Gasteiger charge is -2.15.